The Morgan fingerprint density at radius 3 is 2.95 bits per heavy atom. The summed E-state index contributed by atoms with van der Waals surface area (Å²) in [4.78, 5) is 4.55. The molecule has 0 amide bonds. The largest absolute Gasteiger partial charge is 0.380 e. The molecule has 0 saturated heterocycles. The van der Waals surface area contributed by atoms with Crippen molar-refractivity contribution in [2.24, 2.45) is 4.99 Å². The second-order valence-corrected chi connectivity index (χ2v) is 4.61. The summed E-state index contributed by atoms with van der Waals surface area (Å²) in [6.45, 7) is 8.61. The van der Waals surface area contributed by atoms with Gasteiger partial charge in [-0.25, -0.2) is 4.99 Å². The second-order valence-electron chi connectivity index (χ2n) is 4.61. The molecule has 0 fully saturated rings. The van der Waals surface area contributed by atoms with Gasteiger partial charge >= 0.3 is 0 Å². The summed E-state index contributed by atoms with van der Waals surface area (Å²) in [6.07, 6.45) is 2.19. The Kier molecular flexibility index (Phi) is 8.58. The minimum atomic E-state index is 0. The van der Waals surface area contributed by atoms with Gasteiger partial charge in [-0.05, 0) is 20.3 Å². The van der Waals surface area contributed by atoms with Gasteiger partial charge in [0.15, 0.2) is 11.8 Å². The van der Waals surface area contributed by atoms with Gasteiger partial charge in [0, 0.05) is 32.7 Å². The number of aryl methyl sites for hydroxylation is 1. The van der Waals surface area contributed by atoms with E-state index < -0.39 is 0 Å². The summed E-state index contributed by atoms with van der Waals surface area (Å²) in [7, 11) is 0. The highest BCUT2D eigenvalue weighted by molar-refractivity contribution is 14.0. The number of guanidine groups is 1. The van der Waals surface area contributed by atoms with Crippen LogP contribution in [0.15, 0.2) is 4.99 Å². The maximum Gasteiger partial charge on any atom is 0.191 e. The van der Waals surface area contributed by atoms with Crippen molar-refractivity contribution < 1.29 is 4.74 Å². The molecule has 0 aromatic carbocycles. The number of hydrogen-bond acceptors (Lipinski definition) is 4. The number of nitrogens with one attached hydrogen (secondary N) is 2. The average molecular weight is 408 g/mol. The Hall–Kier alpha value is -0.900. The van der Waals surface area contributed by atoms with Gasteiger partial charge in [-0.3, -0.25) is 0 Å². The lowest BCUT2D eigenvalue weighted by Crippen LogP contribution is -2.39. The van der Waals surface area contributed by atoms with Gasteiger partial charge in [-0.15, -0.1) is 34.2 Å². The fourth-order valence-electron chi connectivity index (χ4n) is 2.21. The predicted molar refractivity (Wildman–Crippen MR) is 93.1 cm³/mol. The summed E-state index contributed by atoms with van der Waals surface area (Å²) >= 11 is 0. The molecule has 0 atom stereocenters. The fraction of sp³-hybridized carbons (Fsp3) is 0.769. The molecule has 0 aliphatic carbocycles. The molecule has 0 spiro atoms. The molecule has 1 aromatic rings. The number of ether oxygens (including phenoxy) is 1. The lowest BCUT2D eigenvalue weighted by molar-refractivity contribution is 0.152. The Morgan fingerprint density at radius 2 is 2.19 bits per heavy atom. The molecule has 7 nitrogen and oxygen atoms in total. The zero-order valence-electron chi connectivity index (χ0n) is 12.8. The molecular formula is C13H25IN6O. The molecule has 1 aliphatic rings. The fourth-order valence-corrected chi connectivity index (χ4v) is 2.21. The van der Waals surface area contributed by atoms with Crippen LogP contribution in [-0.2, 0) is 24.2 Å². The molecule has 8 heteroatoms. The minimum absolute atomic E-state index is 0. The van der Waals surface area contributed by atoms with E-state index in [-0.39, 0.29) is 24.0 Å². The second kappa shape index (κ2) is 9.93. The van der Waals surface area contributed by atoms with Crippen molar-refractivity contribution in [2.75, 3.05) is 26.3 Å². The third kappa shape index (κ3) is 5.42. The van der Waals surface area contributed by atoms with E-state index in [4.69, 9.17) is 4.74 Å². The first-order chi connectivity index (χ1) is 9.85. The van der Waals surface area contributed by atoms with Crippen molar-refractivity contribution in [3.05, 3.63) is 11.6 Å². The van der Waals surface area contributed by atoms with Crippen LogP contribution < -0.4 is 10.6 Å². The van der Waals surface area contributed by atoms with Crippen molar-refractivity contribution in [1.82, 2.24) is 25.4 Å². The Labute approximate surface area is 143 Å². The number of aromatic nitrogens is 3. The van der Waals surface area contributed by atoms with E-state index in [2.05, 4.69) is 37.3 Å². The van der Waals surface area contributed by atoms with Gasteiger partial charge in [0.05, 0.1) is 6.61 Å². The standard InChI is InChI=1S/C13H24N6O.HI/c1-3-14-13(15-7-9-20-4-2)16-10-12-18-17-11-6-5-8-19(11)12;/h3-10H2,1-2H3,(H2,14,15,16);1H. The number of nitrogens with zero attached hydrogens (tertiary/aromatic N) is 4. The number of aliphatic imine (C=N–C) groups is 1. The topological polar surface area (TPSA) is 76.4 Å². The first kappa shape index (κ1) is 18.1. The molecule has 120 valence electrons. The van der Waals surface area contributed by atoms with Gasteiger partial charge in [0.1, 0.15) is 12.4 Å². The summed E-state index contributed by atoms with van der Waals surface area (Å²) in [6, 6.07) is 0. The molecule has 2 heterocycles. The van der Waals surface area contributed by atoms with E-state index in [1.54, 1.807) is 0 Å². The van der Waals surface area contributed by atoms with Crippen molar-refractivity contribution in [3.8, 4) is 0 Å². The molecule has 2 rings (SSSR count). The zero-order valence-corrected chi connectivity index (χ0v) is 15.1. The Morgan fingerprint density at radius 1 is 1.33 bits per heavy atom. The van der Waals surface area contributed by atoms with Crippen LogP contribution in [0.25, 0.3) is 0 Å². The normalized spacial score (nSPS) is 13.7. The number of hydrogen-bond donors (Lipinski definition) is 2. The molecule has 2 N–H and O–H groups in total. The van der Waals surface area contributed by atoms with E-state index in [0.29, 0.717) is 13.2 Å². The maximum atomic E-state index is 5.30. The van der Waals surface area contributed by atoms with Crippen LogP contribution in [0.1, 0.15) is 31.9 Å². The van der Waals surface area contributed by atoms with Crippen LogP contribution in [-0.4, -0.2) is 47.0 Å². The Bertz CT molecular complexity index is 448. The van der Waals surface area contributed by atoms with Crippen molar-refractivity contribution in [3.63, 3.8) is 0 Å². The van der Waals surface area contributed by atoms with E-state index in [9.17, 15) is 0 Å². The van der Waals surface area contributed by atoms with Crippen LogP contribution in [0, 0.1) is 0 Å². The first-order valence-corrected chi connectivity index (χ1v) is 7.36. The summed E-state index contributed by atoms with van der Waals surface area (Å²) < 4.78 is 7.48. The van der Waals surface area contributed by atoms with Crippen LogP contribution in [0.5, 0.6) is 0 Å². The SMILES string of the molecule is CCNC(=NCc1nnc2n1CCC2)NCCOCC.I. The van der Waals surface area contributed by atoms with E-state index in [0.717, 1.165) is 56.7 Å². The van der Waals surface area contributed by atoms with Crippen molar-refractivity contribution in [2.45, 2.75) is 39.8 Å². The molecule has 21 heavy (non-hydrogen) atoms. The lowest BCUT2D eigenvalue weighted by Gasteiger charge is -2.11. The predicted octanol–water partition coefficient (Wildman–Crippen LogP) is 0.934. The Balaban J connectivity index is 0.00000220. The number of halogens is 1. The number of fused-ring (bicyclic) bond motifs is 1. The quantitative estimate of drug-likeness (QED) is 0.304. The third-order valence-corrected chi connectivity index (χ3v) is 3.15. The van der Waals surface area contributed by atoms with Gasteiger partial charge in [-0.1, -0.05) is 0 Å². The van der Waals surface area contributed by atoms with Gasteiger partial charge < -0.3 is 19.9 Å². The molecule has 0 unspecified atom stereocenters. The molecule has 1 aromatic heterocycles. The van der Waals surface area contributed by atoms with Crippen LogP contribution in [0.4, 0.5) is 0 Å². The highest BCUT2D eigenvalue weighted by Crippen LogP contribution is 2.14. The maximum absolute atomic E-state index is 5.30. The van der Waals surface area contributed by atoms with Crippen LogP contribution in [0.3, 0.4) is 0 Å². The zero-order chi connectivity index (χ0) is 14.2. The number of rotatable bonds is 7. The highest BCUT2D eigenvalue weighted by atomic mass is 127. The van der Waals surface area contributed by atoms with Crippen LogP contribution >= 0.6 is 24.0 Å². The smallest absolute Gasteiger partial charge is 0.191 e. The monoisotopic (exact) mass is 408 g/mol. The first-order valence-electron chi connectivity index (χ1n) is 7.36. The van der Waals surface area contributed by atoms with E-state index in [1.165, 1.54) is 0 Å². The van der Waals surface area contributed by atoms with Crippen molar-refractivity contribution >= 4 is 29.9 Å². The third-order valence-electron chi connectivity index (χ3n) is 3.15. The molecule has 1 aliphatic heterocycles. The van der Waals surface area contributed by atoms with Crippen LogP contribution in [0.2, 0.25) is 0 Å². The van der Waals surface area contributed by atoms with Gasteiger partial charge in [0.2, 0.25) is 0 Å². The molecule has 0 bridgehead atoms. The molecule has 0 radical (unpaired) electrons. The van der Waals surface area contributed by atoms with E-state index >= 15 is 0 Å². The average Bonchev–Trinajstić information content (AvgIpc) is 3.04. The van der Waals surface area contributed by atoms with Gasteiger partial charge in [0.25, 0.3) is 0 Å². The highest BCUT2D eigenvalue weighted by Gasteiger charge is 2.16. The summed E-state index contributed by atoms with van der Waals surface area (Å²) in [5.74, 6) is 2.83. The van der Waals surface area contributed by atoms with Crippen molar-refractivity contribution in [1.29, 1.82) is 0 Å². The van der Waals surface area contributed by atoms with Gasteiger partial charge in [-0.2, -0.15) is 0 Å². The molecule has 0 saturated carbocycles. The summed E-state index contributed by atoms with van der Waals surface area (Å²) in [5, 5.41) is 14.9. The molecular weight excluding hydrogens is 383 g/mol. The lowest BCUT2D eigenvalue weighted by atomic mass is 10.4. The summed E-state index contributed by atoms with van der Waals surface area (Å²) in [5.41, 5.74) is 0. The van der Waals surface area contributed by atoms with E-state index in [1.807, 2.05) is 6.92 Å². The minimum Gasteiger partial charge on any atom is -0.380 e.